The van der Waals surface area contributed by atoms with E-state index < -0.39 is 0 Å². The van der Waals surface area contributed by atoms with Crippen molar-refractivity contribution < 1.29 is 9.59 Å². The van der Waals surface area contributed by atoms with E-state index in [4.69, 9.17) is 5.41 Å². The highest BCUT2D eigenvalue weighted by Gasteiger charge is 2.12. The van der Waals surface area contributed by atoms with Crippen LogP contribution in [-0.4, -0.2) is 34.4 Å². The van der Waals surface area contributed by atoms with Crippen molar-refractivity contribution >= 4 is 28.8 Å². The molecule has 23 heavy (non-hydrogen) atoms. The van der Waals surface area contributed by atoms with Gasteiger partial charge in [0.05, 0.1) is 0 Å². The molecule has 0 unspecified atom stereocenters. The maximum Gasteiger partial charge on any atom is 0.253 e. The Morgan fingerprint density at radius 1 is 1.22 bits per heavy atom. The van der Waals surface area contributed by atoms with Gasteiger partial charge in [-0.15, -0.1) is 11.3 Å². The minimum absolute atomic E-state index is 0.0134. The van der Waals surface area contributed by atoms with Crippen molar-refractivity contribution in [3.63, 3.8) is 0 Å². The van der Waals surface area contributed by atoms with Crippen LogP contribution < -0.4 is 10.1 Å². The second kappa shape index (κ2) is 7.73. The number of aromatic nitrogens is 1. The minimum atomic E-state index is -0.204. The average Bonchev–Trinajstić information content (AvgIpc) is 2.94. The van der Waals surface area contributed by atoms with Gasteiger partial charge in [0.2, 0.25) is 5.91 Å². The molecule has 2 N–H and O–H groups in total. The van der Waals surface area contributed by atoms with Crippen LogP contribution in [0, 0.1) is 5.41 Å². The van der Waals surface area contributed by atoms with Gasteiger partial charge in [-0.1, -0.05) is 0 Å². The standard InChI is InChI=1S/C16H20N4O2S/c1-3-19(4-2)15(22)12-5-7-13(8-6-12)18-14(21)11-20-9-10-23-16(20)17/h5-10,17H,3-4,11H2,1-2H3,(H,18,21). The lowest BCUT2D eigenvalue weighted by Crippen LogP contribution is -2.30. The summed E-state index contributed by atoms with van der Waals surface area (Å²) in [7, 11) is 0. The number of amides is 2. The summed E-state index contributed by atoms with van der Waals surface area (Å²) in [6.07, 6.45) is 1.71. The Balaban J connectivity index is 2.00. The summed E-state index contributed by atoms with van der Waals surface area (Å²) < 4.78 is 1.57. The van der Waals surface area contributed by atoms with Gasteiger partial charge in [0.15, 0.2) is 4.80 Å². The first-order chi connectivity index (χ1) is 11.0. The van der Waals surface area contributed by atoms with Crippen molar-refractivity contribution in [2.24, 2.45) is 0 Å². The third-order valence-electron chi connectivity index (χ3n) is 3.46. The van der Waals surface area contributed by atoms with Crippen LogP contribution in [0.5, 0.6) is 0 Å². The summed E-state index contributed by atoms with van der Waals surface area (Å²) in [5.74, 6) is -0.217. The van der Waals surface area contributed by atoms with Crippen LogP contribution >= 0.6 is 11.3 Å². The van der Waals surface area contributed by atoms with Crippen molar-refractivity contribution in [3.05, 3.63) is 46.2 Å². The van der Waals surface area contributed by atoms with Gasteiger partial charge in [0, 0.05) is 35.9 Å². The average molecular weight is 332 g/mol. The largest absolute Gasteiger partial charge is 0.339 e. The lowest BCUT2D eigenvalue weighted by atomic mass is 10.1. The van der Waals surface area contributed by atoms with E-state index >= 15 is 0 Å². The maximum atomic E-state index is 12.2. The van der Waals surface area contributed by atoms with Gasteiger partial charge in [-0.3, -0.25) is 15.0 Å². The molecule has 2 rings (SSSR count). The fourth-order valence-corrected chi connectivity index (χ4v) is 2.77. The van der Waals surface area contributed by atoms with E-state index in [1.165, 1.54) is 11.3 Å². The van der Waals surface area contributed by atoms with Crippen LogP contribution in [0.3, 0.4) is 0 Å². The van der Waals surface area contributed by atoms with E-state index in [0.717, 1.165) is 0 Å². The number of rotatable bonds is 6. The first-order valence-corrected chi connectivity index (χ1v) is 8.30. The number of hydrogen-bond donors (Lipinski definition) is 2. The number of carbonyl (C=O) groups excluding carboxylic acids is 2. The molecule has 2 amide bonds. The molecular formula is C16H20N4O2S. The van der Waals surface area contributed by atoms with Crippen molar-refractivity contribution in [1.82, 2.24) is 9.47 Å². The van der Waals surface area contributed by atoms with Gasteiger partial charge >= 0.3 is 0 Å². The molecule has 0 bridgehead atoms. The predicted molar refractivity (Wildman–Crippen MR) is 90.5 cm³/mol. The van der Waals surface area contributed by atoms with Crippen LogP contribution in [0.1, 0.15) is 24.2 Å². The van der Waals surface area contributed by atoms with Crippen molar-refractivity contribution in [2.75, 3.05) is 18.4 Å². The first-order valence-electron chi connectivity index (χ1n) is 7.42. The highest BCUT2D eigenvalue weighted by atomic mass is 32.1. The number of anilines is 1. The fraction of sp³-hybridized carbons (Fsp3) is 0.312. The SMILES string of the molecule is CCN(CC)C(=O)c1ccc(NC(=O)Cn2ccsc2=N)cc1. The van der Waals surface area contributed by atoms with Gasteiger partial charge in [-0.2, -0.15) is 0 Å². The normalized spacial score (nSPS) is 10.3. The van der Waals surface area contributed by atoms with Gasteiger partial charge in [-0.25, -0.2) is 0 Å². The third-order valence-corrected chi connectivity index (χ3v) is 4.18. The molecule has 0 spiro atoms. The molecule has 2 aromatic rings. The van der Waals surface area contributed by atoms with E-state index in [9.17, 15) is 9.59 Å². The molecule has 122 valence electrons. The number of carbonyl (C=O) groups is 2. The van der Waals surface area contributed by atoms with E-state index in [1.54, 1.807) is 45.3 Å². The minimum Gasteiger partial charge on any atom is -0.339 e. The lowest BCUT2D eigenvalue weighted by molar-refractivity contribution is -0.116. The molecule has 1 aromatic heterocycles. The molecule has 0 aliphatic carbocycles. The first kappa shape index (κ1) is 17.0. The summed E-state index contributed by atoms with van der Waals surface area (Å²) in [6.45, 7) is 5.32. The number of benzene rings is 1. The Labute approximate surface area is 138 Å². The molecule has 7 heteroatoms. The second-order valence-corrected chi connectivity index (χ2v) is 5.83. The number of nitrogens with zero attached hydrogens (tertiary/aromatic N) is 2. The van der Waals surface area contributed by atoms with Gasteiger partial charge in [0.25, 0.3) is 5.91 Å². The fourth-order valence-electron chi connectivity index (χ4n) is 2.17. The quantitative estimate of drug-likeness (QED) is 0.850. The summed E-state index contributed by atoms with van der Waals surface area (Å²) in [5, 5.41) is 12.2. The third kappa shape index (κ3) is 4.29. The van der Waals surface area contributed by atoms with Crippen molar-refractivity contribution in [3.8, 4) is 0 Å². The van der Waals surface area contributed by atoms with Crippen molar-refractivity contribution in [1.29, 1.82) is 5.41 Å². The number of thiazole rings is 1. The summed E-state index contributed by atoms with van der Waals surface area (Å²) in [4.78, 5) is 26.3. The number of nitrogens with one attached hydrogen (secondary N) is 2. The Hall–Kier alpha value is -2.41. The molecule has 1 heterocycles. The molecule has 0 saturated heterocycles. The highest BCUT2D eigenvalue weighted by molar-refractivity contribution is 7.06. The van der Waals surface area contributed by atoms with Gasteiger partial charge in [0.1, 0.15) is 6.54 Å². The number of hydrogen-bond acceptors (Lipinski definition) is 4. The van der Waals surface area contributed by atoms with E-state index in [1.807, 2.05) is 13.8 Å². The van der Waals surface area contributed by atoms with E-state index in [-0.39, 0.29) is 18.4 Å². The Morgan fingerprint density at radius 3 is 2.39 bits per heavy atom. The van der Waals surface area contributed by atoms with Crippen LogP contribution in [0.15, 0.2) is 35.8 Å². The van der Waals surface area contributed by atoms with Crippen LogP contribution in [0.4, 0.5) is 5.69 Å². The Kier molecular flexibility index (Phi) is 5.70. The molecule has 1 aromatic carbocycles. The summed E-state index contributed by atoms with van der Waals surface area (Å²) in [6, 6.07) is 6.86. The van der Waals surface area contributed by atoms with Gasteiger partial charge < -0.3 is 14.8 Å². The predicted octanol–water partition coefficient (Wildman–Crippen LogP) is 2.15. The smallest absolute Gasteiger partial charge is 0.253 e. The second-order valence-electron chi connectivity index (χ2n) is 4.94. The molecule has 6 nitrogen and oxygen atoms in total. The molecule has 0 atom stereocenters. The van der Waals surface area contributed by atoms with Crippen LogP contribution in [-0.2, 0) is 11.3 Å². The van der Waals surface area contributed by atoms with Crippen molar-refractivity contribution in [2.45, 2.75) is 20.4 Å². The Morgan fingerprint density at radius 2 is 1.87 bits per heavy atom. The molecular weight excluding hydrogens is 312 g/mol. The zero-order chi connectivity index (χ0) is 16.8. The van der Waals surface area contributed by atoms with Crippen LogP contribution in [0.25, 0.3) is 0 Å². The summed E-state index contributed by atoms with van der Waals surface area (Å²) >= 11 is 1.27. The zero-order valence-corrected chi connectivity index (χ0v) is 14.0. The maximum absolute atomic E-state index is 12.2. The molecule has 0 radical (unpaired) electrons. The lowest BCUT2D eigenvalue weighted by Gasteiger charge is -2.18. The molecule has 0 fully saturated rings. The highest BCUT2D eigenvalue weighted by Crippen LogP contribution is 2.12. The van der Waals surface area contributed by atoms with Crippen LogP contribution in [0.2, 0.25) is 0 Å². The topological polar surface area (TPSA) is 78.2 Å². The monoisotopic (exact) mass is 332 g/mol. The van der Waals surface area contributed by atoms with E-state index in [2.05, 4.69) is 5.32 Å². The molecule has 0 aliphatic heterocycles. The molecule has 0 aliphatic rings. The van der Waals surface area contributed by atoms with Gasteiger partial charge in [-0.05, 0) is 38.1 Å². The summed E-state index contributed by atoms with van der Waals surface area (Å²) in [5.41, 5.74) is 1.24. The van der Waals surface area contributed by atoms with E-state index in [0.29, 0.717) is 29.1 Å². The zero-order valence-electron chi connectivity index (χ0n) is 13.2. The molecule has 0 saturated carbocycles. The Bertz CT molecular complexity index is 729.